The quantitative estimate of drug-likeness (QED) is 0.420. The number of rotatable bonds is 5. The van der Waals surface area contributed by atoms with Crippen LogP contribution in [0.2, 0.25) is 0 Å². The topological polar surface area (TPSA) is 119 Å². The maximum atomic E-state index is 12.9. The molecule has 3 aromatic heterocycles. The number of benzene rings is 1. The van der Waals surface area contributed by atoms with Crippen molar-refractivity contribution in [1.29, 1.82) is 0 Å². The number of imidazole rings is 1. The second-order valence-corrected chi connectivity index (χ2v) is 9.49. The lowest BCUT2D eigenvalue weighted by Crippen LogP contribution is -2.30. The van der Waals surface area contributed by atoms with Crippen LogP contribution in [-0.2, 0) is 4.79 Å². The summed E-state index contributed by atoms with van der Waals surface area (Å²) < 4.78 is 1.92. The van der Waals surface area contributed by atoms with E-state index in [4.69, 9.17) is 10.7 Å². The SMILES string of the molecule is C=CC(=O)N1CC2(CC2)C[C@H]1c1nc(-c2cccc(C(=O)Nc3ccccn3)c2)c2c(N)nccn12. The van der Waals surface area contributed by atoms with Crippen LogP contribution >= 0.6 is 0 Å². The molecule has 1 saturated heterocycles. The number of anilines is 2. The lowest BCUT2D eigenvalue weighted by molar-refractivity contribution is -0.127. The third-order valence-electron chi connectivity index (χ3n) is 7.14. The van der Waals surface area contributed by atoms with Crippen molar-refractivity contribution in [3.8, 4) is 11.3 Å². The molecule has 180 valence electrons. The Morgan fingerprint density at radius 3 is 2.75 bits per heavy atom. The summed E-state index contributed by atoms with van der Waals surface area (Å²) in [6.45, 7) is 4.40. The van der Waals surface area contributed by atoms with Gasteiger partial charge in [-0.25, -0.2) is 15.0 Å². The van der Waals surface area contributed by atoms with Crippen LogP contribution in [0.4, 0.5) is 11.6 Å². The second-order valence-electron chi connectivity index (χ2n) is 9.49. The molecule has 3 N–H and O–H groups in total. The molecule has 6 rings (SSSR count). The Hall–Kier alpha value is -4.53. The third-order valence-corrected chi connectivity index (χ3v) is 7.14. The molecular formula is C27H25N7O2. The Morgan fingerprint density at radius 1 is 1.14 bits per heavy atom. The van der Waals surface area contributed by atoms with Gasteiger partial charge in [0.15, 0.2) is 0 Å². The fourth-order valence-electron chi connectivity index (χ4n) is 5.13. The van der Waals surface area contributed by atoms with Gasteiger partial charge in [-0.2, -0.15) is 0 Å². The zero-order valence-electron chi connectivity index (χ0n) is 19.6. The van der Waals surface area contributed by atoms with Gasteiger partial charge in [0.05, 0.1) is 6.04 Å². The smallest absolute Gasteiger partial charge is 0.256 e. The van der Waals surface area contributed by atoms with E-state index in [1.807, 2.05) is 33.7 Å². The number of carbonyl (C=O) groups is 2. The van der Waals surface area contributed by atoms with Crippen molar-refractivity contribution < 1.29 is 9.59 Å². The molecule has 9 heteroatoms. The minimum Gasteiger partial charge on any atom is -0.382 e. The number of carbonyl (C=O) groups excluding carboxylic acids is 2. The van der Waals surface area contributed by atoms with Gasteiger partial charge in [0, 0.05) is 36.3 Å². The lowest BCUT2D eigenvalue weighted by Gasteiger charge is -2.22. The van der Waals surface area contributed by atoms with Crippen molar-refractivity contribution >= 4 is 29.0 Å². The Labute approximate surface area is 207 Å². The summed E-state index contributed by atoms with van der Waals surface area (Å²) in [5.74, 6) is 1.15. The predicted molar refractivity (Wildman–Crippen MR) is 136 cm³/mol. The number of hydrogen-bond donors (Lipinski definition) is 2. The number of fused-ring (bicyclic) bond motifs is 1. The maximum absolute atomic E-state index is 12.9. The Balaban J connectivity index is 1.42. The molecule has 1 atom stereocenters. The first-order valence-corrected chi connectivity index (χ1v) is 11.9. The van der Waals surface area contributed by atoms with Crippen molar-refractivity contribution in [2.45, 2.75) is 25.3 Å². The molecule has 1 aliphatic heterocycles. The van der Waals surface area contributed by atoms with Gasteiger partial charge >= 0.3 is 0 Å². The summed E-state index contributed by atoms with van der Waals surface area (Å²) in [6, 6.07) is 12.3. The molecule has 0 bridgehead atoms. The van der Waals surface area contributed by atoms with E-state index in [9.17, 15) is 9.59 Å². The highest BCUT2D eigenvalue weighted by molar-refractivity contribution is 6.04. The van der Waals surface area contributed by atoms with Crippen LogP contribution in [0.3, 0.4) is 0 Å². The zero-order chi connectivity index (χ0) is 24.9. The number of nitrogens with one attached hydrogen (secondary N) is 1. The van der Waals surface area contributed by atoms with E-state index in [-0.39, 0.29) is 23.3 Å². The van der Waals surface area contributed by atoms with Crippen molar-refractivity contribution in [2.24, 2.45) is 5.41 Å². The first-order valence-electron chi connectivity index (χ1n) is 11.9. The summed E-state index contributed by atoms with van der Waals surface area (Å²) in [5.41, 5.74) is 8.96. The summed E-state index contributed by atoms with van der Waals surface area (Å²) in [4.78, 5) is 41.0. The van der Waals surface area contributed by atoms with Crippen molar-refractivity contribution in [3.05, 3.63) is 85.1 Å². The number of likely N-dealkylation sites (tertiary alicyclic amines) is 1. The van der Waals surface area contributed by atoms with E-state index >= 15 is 0 Å². The predicted octanol–water partition coefficient (Wildman–Crippen LogP) is 3.87. The van der Waals surface area contributed by atoms with Crippen LogP contribution < -0.4 is 11.1 Å². The first kappa shape index (κ1) is 22.0. The molecule has 2 fully saturated rings. The second kappa shape index (κ2) is 8.30. The largest absolute Gasteiger partial charge is 0.382 e. The molecular weight excluding hydrogens is 454 g/mol. The van der Waals surface area contributed by atoms with Gasteiger partial charge in [-0.15, -0.1) is 0 Å². The van der Waals surface area contributed by atoms with Crippen molar-refractivity contribution in [3.63, 3.8) is 0 Å². The molecule has 4 aromatic rings. The monoisotopic (exact) mass is 479 g/mol. The Bertz CT molecular complexity index is 1510. The number of aromatic nitrogens is 4. The fourth-order valence-corrected chi connectivity index (χ4v) is 5.13. The first-order chi connectivity index (χ1) is 17.5. The number of nitrogen functional groups attached to an aromatic ring is 1. The molecule has 1 aromatic carbocycles. The van der Waals surface area contributed by atoms with E-state index in [0.29, 0.717) is 35.0 Å². The minimum atomic E-state index is -0.278. The summed E-state index contributed by atoms with van der Waals surface area (Å²) in [7, 11) is 0. The van der Waals surface area contributed by atoms with Crippen LogP contribution in [0.25, 0.3) is 16.8 Å². The summed E-state index contributed by atoms with van der Waals surface area (Å²) >= 11 is 0. The standard InChI is InChI=1S/C27H25N7O2/c1-2-21(35)34-16-27(9-10-27)15-19(34)25-32-22(23-24(28)30-12-13-33(23)25)17-6-5-7-18(14-17)26(36)31-20-8-3-4-11-29-20/h2-8,11-14,19H,1,9-10,15-16H2,(H2,28,30)(H,29,31,36)/t19-/m0/s1. The number of hydrogen-bond acceptors (Lipinski definition) is 6. The van der Waals surface area contributed by atoms with Gasteiger partial charge < -0.3 is 16.0 Å². The molecule has 1 aliphatic carbocycles. The third kappa shape index (κ3) is 3.69. The van der Waals surface area contributed by atoms with E-state index in [1.54, 1.807) is 36.7 Å². The molecule has 2 amide bonds. The normalized spacial score (nSPS) is 17.9. The highest BCUT2D eigenvalue weighted by atomic mass is 16.2. The highest BCUT2D eigenvalue weighted by Crippen LogP contribution is 2.58. The van der Waals surface area contributed by atoms with E-state index < -0.39 is 0 Å². The summed E-state index contributed by atoms with van der Waals surface area (Å²) in [5, 5.41) is 2.81. The molecule has 1 saturated carbocycles. The fraction of sp³-hybridized carbons (Fsp3) is 0.222. The van der Waals surface area contributed by atoms with Gasteiger partial charge in [0.1, 0.15) is 28.7 Å². The van der Waals surface area contributed by atoms with Crippen LogP contribution in [0.15, 0.2) is 73.7 Å². The molecule has 0 unspecified atom stereocenters. The van der Waals surface area contributed by atoms with E-state index in [2.05, 4.69) is 21.9 Å². The van der Waals surface area contributed by atoms with Crippen LogP contribution in [0.1, 0.15) is 41.5 Å². The zero-order valence-corrected chi connectivity index (χ0v) is 19.6. The average Bonchev–Trinajstić information content (AvgIpc) is 3.38. The molecule has 36 heavy (non-hydrogen) atoms. The van der Waals surface area contributed by atoms with Crippen molar-refractivity contribution in [1.82, 2.24) is 24.3 Å². The molecule has 9 nitrogen and oxygen atoms in total. The molecule has 1 spiro atoms. The number of amides is 2. The van der Waals surface area contributed by atoms with E-state index in [0.717, 1.165) is 30.7 Å². The average molecular weight is 480 g/mol. The minimum absolute atomic E-state index is 0.0997. The number of pyridine rings is 1. The Kier molecular flexibility index (Phi) is 5.06. The van der Waals surface area contributed by atoms with Gasteiger partial charge in [-0.05, 0) is 55.0 Å². The maximum Gasteiger partial charge on any atom is 0.256 e. The molecule has 0 radical (unpaired) electrons. The van der Waals surface area contributed by atoms with Gasteiger partial charge in [-0.1, -0.05) is 24.8 Å². The Morgan fingerprint density at radius 2 is 2.00 bits per heavy atom. The van der Waals surface area contributed by atoms with Gasteiger partial charge in [0.25, 0.3) is 5.91 Å². The van der Waals surface area contributed by atoms with Crippen LogP contribution in [0.5, 0.6) is 0 Å². The van der Waals surface area contributed by atoms with E-state index in [1.165, 1.54) is 6.08 Å². The number of nitrogens with two attached hydrogens (primary N) is 1. The number of nitrogens with zero attached hydrogens (tertiary/aromatic N) is 5. The lowest BCUT2D eigenvalue weighted by atomic mass is 10.0. The molecule has 4 heterocycles. The van der Waals surface area contributed by atoms with Crippen molar-refractivity contribution in [2.75, 3.05) is 17.6 Å². The van der Waals surface area contributed by atoms with Crippen LogP contribution in [-0.4, -0.2) is 42.6 Å². The van der Waals surface area contributed by atoms with Crippen LogP contribution in [0, 0.1) is 5.41 Å². The molecule has 2 aliphatic rings. The highest BCUT2D eigenvalue weighted by Gasteiger charge is 2.54. The van der Waals surface area contributed by atoms with Gasteiger partial charge in [0.2, 0.25) is 5.91 Å². The van der Waals surface area contributed by atoms with Gasteiger partial charge in [-0.3, -0.25) is 14.0 Å². The summed E-state index contributed by atoms with van der Waals surface area (Å²) in [6.07, 6.45) is 9.51.